The number of pyridine rings is 2. The summed E-state index contributed by atoms with van der Waals surface area (Å²) in [6, 6.07) is 36.7. The Morgan fingerprint density at radius 2 is 0.875 bits per heavy atom. The van der Waals surface area contributed by atoms with Gasteiger partial charge < -0.3 is 10.6 Å². The smallest absolute Gasteiger partial charge is 0.0709 e. The SMILES string of the molecule is c1ccc2c(c1)Nc1ccccc1P(C1CCCCC1)c1cc3ncccc3cc1Nc1cc3cccnc3cc1P2C1CCCCC1. The van der Waals surface area contributed by atoms with Crippen molar-refractivity contribution in [2.75, 3.05) is 10.6 Å². The van der Waals surface area contributed by atoms with E-state index in [4.69, 9.17) is 9.97 Å². The third-order valence-corrected chi connectivity index (χ3v) is 16.8. The molecule has 3 aliphatic rings. The van der Waals surface area contributed by atoms with E-state index in [0.29, 0.717) is 11.3 Å². The molecule has 0 spiro atoms. The second-order valence-electron chi connectivity index (χ2n) is 13.7. The highest BCUT2D eigenvalue weighted by Gasteiger charge is 2.34. The zero-order valence-electron chi connectivity index (χ0n) is 27.4. The fourth-order valence-electron chi connectivity index (χ4n) is 8.41. The molecule has 0 bridgehead atoms. The normalized spacial score (nSPS) is 20.2. The van der Waals surface area contributed by atoms with Crippen LogP contribution in [0.1, 0.15) is 64.2 Å². The number of rotatable bonds is 2. The summed E-state index contributed by atoms with van der Waals surface area (Å²) in [5.41, 5.74) is 8.39. The molecule has 2 N–H and O–H groups in total. The molecule has 2 saturated carbocycles. The van der Waals surface area contributed by atoms with E-state index in [1.165, 1.54) is 119 Å². The van der Waals surface area contributed by atoms with Gasteiger partial charge >= 0.3 is 0 Å². The highest BCUT2D eigenvalue weighted by molar-refractivity contribution is 7.75. The van der Waals surface area contributed by atoms with Crippen molar-refractivity contribution in [2.24, 2.45) is 0 Å². The van der Waals surface area contributed by atoms with E-state index < -0.39 is 15.8 Å². The second-order valence-corrected chi connectivity index (χ2v) is 18.6. The van der Waals surface area contributed by atoms with Crippen LogP contribution in [0.25, 0.3) is 21.8 Å². The molecule has 48 heavy (non-hydrogen) atoms. The molecular weight excluding hydrogens is 622 g/mol. The van der Waals surface area contributed by atoms with Crippen LogP contribution < -0.4 is 31.9 Å². The van der Waals surface area contributed by atoms with Gasteiger partial charge in [0.25, 0.3) is 0 Å². The zero-order valence-corrected chi connectivity index (χ0v) is 29.2. The van der Waals surface area contributed by atoms with Crippen LogP contribution in [0, 0.1) is 0 Å². The van der Waals surface area contributed by atoms with Crippen LogP contribution in [0.3, 0.4) is 0 Å². The van der Waals surface area contributed by atoms with Crippen molar-refractivity contribution in [3.8, 4) is 0 Å². The van der Waals surface area contributed by atoms with Gasteiger partial charge in [0, 0.05) is 67.1 Å². The lowest BCUT2D eigenvalue weighted by Gasteiger charge is -2.37. The monoisotopic (exact) mass is 664 g/mol. The van der Waals surface area contributed by atoms with E-state index in [1.807, 2.05) is 12.4 Å². The molecule has 9 rings (SSSR count). The van der Waals surface area contributed by atoms with Gasteiger partial charge in [0.1, 0.15) is 0 Å². The van der Waals surface area contributed by atoms with Gasteiger partial charge in [0.2, 0.25) is 0 Å². The van der Waals surface area contributed by atoms with Crippen LogP contribution >= 0.6 is 15.8 Å². The Bertz CT molecular complexity index is 1950. The third-order valence-electron chi connectivity index (χ3n) is 10.7. The summed E-state index contributed by atoms with van der Waals surface area (Å²) in [6.07, 6.45) is 16.9. The molecule has 2 unspecified atom stereocenters. The number of fused-ring (bicyclic) bond motifs is 6. The first-order valence-electron chi connectivity index (χ1n) is 17.9. The van der Waals surface area contributed by atoms with E-state index in [2.05, 4.69) is 108 Å². The molecule has 240 valence electrons. The van der Waals surface area contributed by atoms with Crippen LogP contribution in [0.5, 0.6) is 0 Å². The van der Waals surface area contributed by atoms with Crippen molar-refractivity contribution in [2.45, 2.75) is 75.5 Å². The molecule has 0 amide bonds. The Hall–Kier alpha value is -3.84. The number of para-hydroxylation sites is 2. The fraction of sp³-hybridized carbons (Fsp3) is 0.286. The van der Waals surface area contributed by atoms with Gasteiger partial charge in [-0.05, 0) is 101 Å². The lowest BCUT2D eigenvalue weighted by Crippen LogP contribution is -2.30. The zero-order chi connectivity index (χ0) is 31.9. The van der Waals surface area contributed by atoms with Crippen LogP contribution in [0.2, 0.25) is 0 Å². The first-order chi connectivity index (χ1) is 23.8. The molecule has 6 aromatic rings. The Morgan fingerprint density at radius 3 is 1.35 bits per heavy atom. The van der Waals surface area contributed by atoms with Crippen LogP contribution in [0.4, 0.5) is 22.7 Å². The number of nitrogens with zero attached hydrogens (tertiary/aromatic N) is 2. The number of aromatic nitrogens is 2. The van der Waals surface area contributed by atoms with Crippen LogP contribution in [0.15, 0.2) is 109 Å². The first-order valence-corrected chi connectivity index (χ1v) is 20.7. The first kappa shape index (κ1) is 30.2. The Kier molecular flexibility index (Phi) is 8.33. The lowest BCUT2D eigenvalue weighted by molar-refractivity contribution is 0.513. The minimum Gasteiger partial charge on any atom is -0.354 e. The average molecular weight is 665 g/mol. The Morgan fingerprint density at radius 1 is 0.438 bits per heavy atom. The highest BCUT2D eigenvalue weighted by Crippen LogP contribution is 2.53. The highest BCUT2D eigenvalue weighted by atomic mass is 31.1. The molecule has 2 atom stereocenters. The van der Waals surface area contributed by atoms with Gasteiger partial charge in [-0.2, -0.15) is 0 Å². The summed E-state index contributed by atoms with van der Waals surface area (Å²) >= 11 is 0. The summed E-state index contributed by atoms with van der Waals surface area (Å²) in [5.74, 6) is 0. The van der Waals surface area contributed by atoms with Gasteiger partial charge in [-0.1, -0.05) is 87.1 Å². The molecule has 0 saturated heterocycles. The third kappa shape index (κ3) is 5.68. The molecule has 3 heterocycles. The molecule has 2 aliphatic carbocycles. The molecule has 1 aliphatic heterocycles. The minimum absolute atomic E-state index is 0.622. The Labute approximate surface area is 286 Å². The summed E-state index contributed by atoms with van der Waals surface area (Å²) in [5, 5.41) is 16.4. The predicted octanol–water partition coefficient (Wildman–Crippen LogP) is 10.1. The van der Waals surface area contributed by atoms with E-state index in [1.54, 1.807) is 0 Å². The number of anilines is 4. The number of hydrogen-bond acceptors (Lipinski definition) is 4. The molecule has 4 aromatic carbocycles. The maximum absolute atomic E-state index is 4.90. The molecule has 0 radical (unpaired) electrons. The van der Waals surface area contributed by atoms with Crippen LogP contribution in [-0.2, 0) is 0 Å². The average Bonchev–Trinajstić information content (AvgIpc) is 3.14. The number of nitrogens with one attached hydrogen (secondary N) is 2. The van der Waals surface area contributed by atoms with Gasteiger partial charge in [0.05, 0.1) is 11.0 Å². The van der Waals surface area contributed by atoms with Gasteiger partial charge in [0.15, 0.2) is 0 Å². The van der Waals surface area contributed by atoms with Crippen molar-refractivity contribution < 1.29 is 0 Å². The minimum atomic E-state index is -0.696. The number of benzene rings is 4. The van der Waals surface area contributed by atoms with E-state index in [9.17, 15) is 0 Å². The molecular formula is C42H42N4P2. The van der Waals surface area contributed by atoms with Gasteiger partial charge in [-0.3, -0.25) is 9.97 Å². The number of hydrogen-bond donors (Lipinski definition) is 2. The summed E-state index contributed by atoms with van der Waals surface area (Å²) in [4.78, 5) is 9.81. The van der Waals surface area contributed by atoms with Crippen molar-refractivity contribution in [3.05, 3.63) is 109 Å². The van der Waals surface area contributed by atoms with Gasteiger partial charge in [-0.15, -0.1) is 0 Å². The molecule has 2 fully saturated rings. The fourth-order valence-corrected chi connectivity index (χ4v) is 14.8. The van der Waals surface area contributed by atoms with Gasteiger partial charge in [-0.25, -0.2) is 0 Å². The summed E-state index contributed by atoms with van der Waals surface area (Å²) in [7, 11) is -1.39. The lowest BCUT2D eigenvalue weighted by atomic mass is 10.0. The summed E-state index contributed by atoms with van der Waals surface area (Å²) in [6.45, 7) is 0. The maximum atomic E-state index is 4.90. The van der Waals surface area contributed by atoms with Crippen molar-refractivity contribution in [1.82, 2.24) is 9.97 Å². The molecule has 4 nitrogen and oxygen atoms in total. The quantitative estimate of drug-likeness (QED) is 0.181. The van der Waals surface area contributed by atoms with Crippen molar-refractivity contribution >= 4 is 81.6 Å². The predicted molar refractivity (Wildman–Crippen MR) is 209 cm³/mol. The van der Waals surface area contributed by atoms with Crippen molar-refractivity contribution in [3.63, 3.8) is 0 Å². The topological polar surface area (TPSA) is 49.8 Å². The van der Waals surface area contributed by atoms with Crippen LogP contribution in [-0.4, -0.2) is 21.3 Å². The molecule has 2 aromatic heterocycles. The van der Waals surface area contributed by atoms with E-state index >= 15 is 0 Å². The van der Waals surface area contributed by atoms with Crippen molar-refractivity contribution in [1.29, 1.82) is 0 Å². The maximum Gasteiger partial charge on any atom is 0.0709 e. The Balaban J connectivity index is 1.36. The summed E-state index contributed by atoms with van der Waals surface area (Å²) < 4.78 is 0. The molecule has 6 heteroatoms. The van der Waals surface area contributed by atoms with E-state index in [-0.39, 0.29) is 0 Å². The second kappa shape index (κ2) is 13.2. The largest absolute Gasteiger partial charge is 0.354 e. The van der Waals surface area contributed by atoms with E-state index in [0.717, 1.165) is 11.0 Å². The standard InChI is InChI=1S/C42H42N4P2/c1-3-15-31(16-4-1)47-39-21-9-7-19-33(39)45-34-20-8-10-22-40(34)48(32-17-5-2-6-18-32)42-28-36-30(14-12-24-44-36)26-38(42)46-37-25-29-13-11-23-43-35(29)27-41(37)47/h7-14,19-28,31-32,45-46H,1-6,15-18H2.